The lowest BCUT2D eigenvalue weighted by atomic mass is 10.1. The van der Waals surface area contributed by atoms with Gasteiger partial charge in [0.2, 0.25) is 0 Å². The quantitative estimate of drug-likeness (QED) is 0.517. The van der Waals surface area contributed by atoms with Crippen molar-refractivity contribution in [1.82, 2.24) is 9.78 Å². The molecule has 2 heterocycles. The minimum absolute atomic E-state index is 0.00256. The average molecular weight is 322 g/mol. The van der Waals surface area contributed by atoms with Gasteiger partial charge in [0.25, 0.3) is 0 Å². The van der Waals surface area contributed by atoms with Gasteiger partial charge in [-0.25, -0.2) is 0 Å². The molecule has 0 aliphatic rings. The van der Waals surface area contributed by atoms with Crippen LogP contribution >= 0.6 is 11.3 Å². The molecule has 0 atom stereocenters. The van der Waals surface area contributed by atoms with E-state index in [1.54, 1.807) is 22.1 Å². The van der Waals surface area contributed by atoms with Crippen LogP contribution in [0, 0.1) is 13.8 Å². The molecule has 0 fully saturated rings. The maximum absolute atomic E-state index is 12.4. The predicted molar refractivity (Wildman–Crippen MR) is 95.8 cm³/mol. The summed E-state index contributed by atoms with van der Waals surface area (Å²) in [6.07, 6.45) is 3.52. The second kappa shape index (κ2) is 6.34. The summed E-state index contributed by atoms with van der Waals surface area (Å²) >= 11 is 1.68. The van der Waals surface area contributed by atoms with E-state index in [9.17, 15) is 4.79 Å². The van der Waals surface area contributed by atoms with Crippen LogP contribution < -0.4 is 0 Å². The molecule has 0 saturated carbocycles. The molecule has 4 heteroatoms. The lowest BCUT2D eigenvalue weighted by Crippen LogP contribution is -1.99. The van der Waals surface area contributed by atoms with Crippen LogP contribution in [0.1, 0.15) is 26.6 Å². The molecule has 0 amide bonds. The topological polar surface area (TPSA) is 34.9 Å². The summed E-state index contributed by atoms with van der Waals surface area (Å²) < 4.78 is 1.75. The van der Waals surface area contributed by atoms with Crippen molar-refractivity contribution in [2.45, 2.75) is 13.8 Å². The average Bonchev–Trinajstić information content (AvgIpc) is 3.11. The van der Waals surface area contributed by atoms with Gasteiger partial charge in [-0.15, -0.1) is 11.3 Å². The zero-order valence-corrected chi connectivity index (χ0v) is 14.2. The molecule has 0 aliphatic heterocycles. The van der Waals surface area contributed by atoms with Gasteiger partial charge in [0.15, 0.2) is 5.78 Å². The normalized spacial score (nSPS) is 11.3. The van der Waals surface area contributed by atoms with Crippen LogP contribution in [0.25, 0.3) is 16.5 Å². The van der Waals surface area contributed by atoms with Crippen LogP contribution in [0.4, 0.5) is 0 Å². The molecular weight excluding hydrogens is 304 g/mol. The second-order valence-corrected chi connectivity index (χ2v) is 6.55. The van der Waals surface area contributed by atoms with Crippen molar-refractivity contribution in [3.8, 4) is 10.4 Å². The standard InChI is InChI=1S/C19H18N2OS/c1-13-19(14(2)21(3)20-13)17(22)11-9-16-10-12-18(23-16)15-7-5-4-6-8-15/h4-12H,1-3H3. The van der Waals surface area contributed by atoms with Gasteiger partial charge in [0, 0.05) is 22.5 Å². The molecule has 3 rings (SSSR count). The number of hydrogen-bond acceptors (Lipinski definition) is 3. The third-order valence-corrected chi connectivity index (χ3v) is 4.94. The largest absolute Gasteiger partial charge is 0.289 e. The first kappa shape index (κ1) is 15.4. The van der Waals surface area contributed by atoms with E-state index in [0.717, 1.165) is 16.3 Å². The highest BCUT2D eigenvalue weighted by molar-refractivity contribution is 7.16. The minimum atomic E-state index is 0.00256. The third kappa shape index (κ3) is 3.17. The molecule has 0 aliphatic carbocycles. The lowest BCUT2D eigenvalue weighted by Gasteiger charge is -1.96. The van der Waals surface area contributed by atoms with Gasteiger partial charge in [0.05, 0.1) is 11.3 Å². The smallest absolute Gasteiger partial charge is 0.189 e. The summed E-state index contributed by atoms with van der Waals surface area (Å²) in [5, 5.41) is 4.30. The lowest BCUT2D eigenvalue weighted by molar-refractivity contribution is 0.104. The highest BCUT2D eigenvalue weighted by atomic mass is 32.1. The number of hydrogen-bond donors (Lipinski definition) is 0. The van der Waals surface area contributed by atoms with Crippen molar-refractivity contribution in [3.63, 3.8) is 0 Å². The molecule has 2 aromatic heterocycles. The third-order valence-electron chi connectivity index (χ3n) is 3.84. The van der Waals surface area contributed by atoms with Crippen LogP contribution in [-0.4, -0.2) is 15.6 Å². The summed E-state index contributed by atoms with van der Waals surface area (Å²) in [5.41, 5.74) is 3.56. The molecular formula is C19H18N2OS. The van der Waals surface area contributed by atoms with Crippen molar-refractivity contribution in [3.05, 3.63) is 70.4 Å². The van der Waals surface area contributed by atoms with Gasteiger partial charge in [-0.2, -0.15) is 5.10 Å². The van der Waals surface area contributed by atoms with E-state index < -0.39 is 0 Å². The van der Waals surface area contributed by atoms with E-state index in [1.807, 2.05) is 51.2 Å². The molecule has 3 nitrogen and oxygen atoms in total. The van der Waals surface area contributed by atoms with Crippen LogP contribution in [0.15, 0.2) is 48.5 Å². The number of allylic oxidation sites excluding steroid dienone is 1. The van der Waals surface area contributed by atoms with E-state index >= 15 is 0 Å². The highest BCUT2D eigenvalue weighted by Crippen LogP contribution is 2.28. The van der Waals surface area contributed by atoms with E-state index in [0.29, 0.717) is 5.56 Å². The maximum atomic E-state index is 12.4. The molecule has 0 saturated heterocycles. The van der Waals surface area contributed by atoms with Crippen LogP contribution in [0.5, 0.6) is 0 Å². The summed E-state index contributed by atoms with van der Waals surface area (Å²) in [4.78, 5) is 14.7. The zero-order valence-electron chi connectivity index (χ0n) is 13.4. The van der Waals surface area contributed by atoms with Crippen LogP contribution in [-0.2, 0) is 7.05 Å². The molecule has 116 valence electrons. The summed E-state index contributed by atoms with van der Waals surface area (Å²) in [7, 11) is 1.86. The van der Waals surface area contributed by atoms with E-state index in [1.165, 1.54) is 10.4 Å². The fourth-order valence-corrected chi connectivity index (χ4v) is 3.49. The zero-order chi connectivity index (χ0) is 16.4. The Balaban J connectivity index is 1.81. The minimum Gasteiger partial charge on any atom is -0.289 e. The van der Waals surface area contributed by atoms with Gasteiger partial charge >= 0.3 is 0 Å². The van der Waals surface area contributed by atoms with Crippen LogP contribution in [0.2, 0.25) is 0 Å². The fraction of sp³-hybridized carbons (Fsp3) is 0.158. The van der Waals surface area contributed by atoms with E-state index in [4.69, 9.17) is 0 Å². The van der Waals surface area contributed by atoms with Crippen molar-refractivity contribution >= 4 is 23.2 Å². The molecule has 23 heavy (non-hydrogen) atoms. The van der Waals surface area contributed by atoms with Crippen LogP contribution in [0.3, 0.4) is 0 Å². The molecule has 0 spiro atoms. The Morgan fingerprint density at radius 3 is 2.52 bits per heavy atom. The Bertz CT molecular complexity index is 872. The Labute approximate surface area is 139 Å². The predicted octanol–water partition coefficient (Wildman–Crippen LogP) is 4.66. The Morgan fingerprint density at radius 1 is 1.13 bits per heavy atom. The van der Waals surface area contributed by atoms with Crippen molar-refractivity contribution < 1.29 is 4.79 Å². The van der Waals surface area contributed by atoms with Gasteiger partial charge < -0.3 is 0 Å². The second-order valence-electron chi connectivity index (χ2n) is 5.44. The monoisotopic (exact) mass is 322 g/mol. The number of benzene rings is 1. The number of aromatic nitrogens is 2. The molecule has 1 aromatic carbocycles. The molecule has 0 bridgehead atoms. The first-order valence-electron chi connectivity index (χ1n) is 7.44. The Kier molecular flexibility index (Phi) is 4.26. The van der Waals surface area contributed by atoms with Crippen molar-refractivity contribution in [2.24, 2.45) is 7.05 Å². The van der Waals surface area contributed by atoms with E-state index in [2.05, 4.69) is 23.3 Å². The molecule has 0 N–H and O–H groups in total. The van der Waals surface area contributed by atoms with Gasteiger partial charge in [-0.1, -0.05) is 30.3 Å². The van der Waals surface area contributed by atoms with Gasteiger partial charge in [-0.05, 0) is 43.7 Å². The maximum Gasteiger partial charge on any atom is 0.189 e. The summed E-state index contributed by atoms with van der Waals surface area (Å²) in [5.74, 6) is 0.00256. The van der Waals surface area contributed by atoms with Gasteiger partial charge in [-0.3, -0.25) is 9.48 Å². The highest BCUT2D eigenvalue weighted by Gasteiger charge is 2.14. The number of carbonyl (C=O) groups is 1. The number of rotatable bonds is 4. The number of aryl methyl sites for hydroxylation is 2. The molecule has 3 aromatic rings. The Morgan fingerprint density at radius 2 is 1.87 bits per heavy atom. The number of carbonyl (C=O) groups excluding carboxylic acids is 1. The SMILES string of the molecule is Cc1nn(C)c(C)c1C(=O)C=Cc1ccc(-c2ccccc2)s1. The van der Waals surface area contributed by atoms with E-state index in [-0.39, 0.29) is 5.78 Å². The Hall–Kier alpha value is -2.46. The van der Waals surface area contributed by atoms with Crippen molar-refractivity contribution in [1.29, 1.82) is 0 Å². The van der Waals surface area contributed by atoms with Gasteiger partial charge in [0.1, 0.15) is 0 Å². The first-order valence-corrected chi connectivity index (χ1v) is 8.26. The number of ketones is 1. The number of nitrogens with zero attached hydrogens (tertiary/aromatic N) is 2. The summed E-state index contributed by atoms with van der Waals surface area (Å²) in [6, 6.07) is 14.4. The molecule has 0 radical (unpaired) electrons. The summed E-state index contributed by atoms with van der Waals surface area (Å²) in [6.45, 7) is 3.78. The first-order chi connectivity index (χ1) is 11.1. The fourth-order valence-electron chi connectivity index (χ4n) is 2.57. The number of thiophene rings is 1. The van der Waals surface area contributed by atoms with Crippen molar-refractivity contribution in [2.75, 3.05) is 0 Å². The molecule has 0 unspecified atom stereocenters.